The first-order valence-corrected chi connectivity index (χ1v) is 18.7. The quantitative estimate of drug-likeness (QED) is 0.107. The molecule has 4 aromatic rings. The summed E-state index contributed by atoms with van der Waals surface area (Å²) in [6.07, 6.45) is 6.60. The van der Waals surface area contributed by atoms with Gasteiger partial charge in [0.1, 0.15) is 6.10 Å². The van der Waals surface area contributed by atoms with Gasteiger partial charge in [0.05, 0.1) is 6.10 Å². The Bertz CT molecular complexity index is 1500. The molecule has 0 saturated carbocycles. The van der Waals surface area contributed by atoms with Crippen LogP contribution in [0.5, 0.6) is 0 Å². The first-order chi connectivity index (χ1) is 22.0. The summed E-state index contributed by atoms with van der Waals surface area (Å²) in [6.45, 7) is 12.8. The van der Waals surface area contributed by atoms with Crippen LogP contribution in [0.15, 0.2) is 139 Å². The highest BCUT2D eigenvalue weighted by Crippen LogP contribution is 2.38. The van der Waals surface area contributed by atoms with E-state index in [1.807, 2.05) is 24.3 Å². The Morgan fingerprint density at radius 2 is 1.17 bits per heavy atom. The van der Waals surface area contributed by atoms with Crippen LogP contribution in [0.2, 0.25) is 6.04 Å². The Labute approximate surface area is 277 Å². The van der Waals surface area contributed by atoms with E-state index < -0.39 is 8.07 Å². The van der Waals surface area contributed by atoms with Gasteiger partial charge in [-0.15, -0.1) is 0 Å². The van der Waals surface area contributed by atoms with Gasteiger partial charge in [0.15, 0.2) is 8.07 Å². The summed E-state index contributed by atoms with van der Waals surface area (Å²) in [4.78, 5) is 14.0. The van der Waals surface area contributed by atoms with Gasteiger partial charge in [0.2, 0.25) is 5.76 Å². The highest BCUT2D eigenvalue weighted by molar-refractivity contribution is 7.11. The molecule has 3 nitrogen and oxygen atoms in total. The molecule has 1 heterocycles. The Balaban J connectivity index is 1.58. The van der Waals surface area contributed by atoms with Crippen molar-refractivity contribution in [1.29, 1.82) is 0 Å². The molecule has 0 aliphatic carbocycles. The molecule has 0 aromatic heterocycles. The minimum absolute atomic E-state index is 0.0123. The molecule has 2 atom stereocenters. The van der Waals surface area contributed by atoms with Gasteiger partial charge < -0.3 is 9.47 Å². The number of ether oxygens (including phenoxy) is 2. The molecular formula is C42H48O3Si. The Kier molecular flexibility index (Phi) is 10.2. The average Bonchev–Trinajstić information content (AvgIpc) is 3.05. The molecule has 1 aliphatic heterocycles. The van der Waals surface area contributed by atoms with Crippen LogP contribution in [0.3, 0.4) is 0 Å². The van der Waals surface area contributed by atoms with E-state index in [-0.39, 0.29) is 34.9 Å². The molecule has 0 saturated heterocycles. The van der Waals surface area contributed by atoms with Crippen molar-refractivity contribution in [3.8, 4) is 0 Å². The largest absolute Gasteiger partial charge is 0.484 e. The maximum atomic E-state index is 14.0. The fraction of sp³-hybridized carbons (Fsp3) is 0.310. The number of rotatable bonds is 9. The summed E-state index contributed by atoms with van der Waals surface area (Å²) < 4.78 is 13.1. The monoisotopic (exact) mass is 628 g/mol. The molecule has 0 N–H and O–H groups in total. The van der Waals surface area contributed by atoms with E-state index in [2.05, 4.69) is 157 Å². The zero-order chi connectivity index (χ0) is 32.8. The first-order valence-electron chi connectivity index (χ1n) is 16.5. The van der Waals surface area contributed by atoms with Crippen LogP contribution in [0, 0.1) is 16.7 Å². The van der Waals surface area contributed by atoms with Crippen LogP contribution in [-0.2, 0) is 14.3 Å². The Hall–Kier alpha value is -4.15. The van der Waals surface area contributed by atoms with Crippen molar-refractivity contribution >= 4 is 35.7 Å². The molecule has 0 bridgehead atoms. The SMILES string of the molecule is CC(C)(C)C(OC(=O)C1=C[C@@H](/C=C/c2ccccc2)C[C@@H](C[Si](c2ccccc2)(c2ccccc2)c2ccccc2)O1)C(C)(C)C. The van der Waals surface area contributed by atoms with Crippen molar-refractivity contribution in [1.82, 2.24) is 0 Å². The van der Waals surface area contributed by atoms with E-state index in [1.165, 1.54) is 15.6 Å². The van der Waals surface area contributed by atoms with Gasteiger partial charge in [-0.05, 0) is 50.5 Å². The molecule has 1 aliphatic rings. The van der Waals surface area contributed by atoms with E-state index in [4.69, 9.17) is 9.47 Å². The van der Waals surface area contributed by atoms with Gasteiger partial charge in [0.25, 0.3) is 0 Å². The summed E-state index contributed by atoms with van der Waals surface area (Å²) in [5.74, 6) is -0.0585. The smallest absolute Gasteiger partial charge is 0.373 e. The van der Waals surface area contributed by atoms with Crippen molar-refractivity contribution in [3.63, 3.8) is 0 Å². The zero-order valence-corrected chi connectivity index (χ0v) is 29.2. The van der Waals surface area contributed by atoms with E-state index >= 15 is 0 Å². The molecule has 4 aromatic carbocycles. The summed E-state index contributed by atoms with van der Waals surface area (Å²) >= 11 is 0. The lowest BCUT2D eigenvalue weighted by Gasteiger charge is -2.41. The lowest BCUT2D eigenvalue weighted by molar-refractivity contribution is -0.164. The van der Waals surface area contributed by atoms with Gasteiger partial charge in [-0.2, -0.15) is 0 Å². The minimum Gasteiger partial charge on any atom is -0.484 e. The Morgan fingerprint density at radius 3 is 1.61 bits per heavy atom. The highest BCUT2D eigenvalue weighted by atomic mass is 28.3. The molecule has 4 heteroatoms. The molecule has 5 rings (SSSR count). The van der Waals surface area contributed by atoms with Crippen LogP contribution in [0.1, 0.15) is 53.5 Å². The summed E-state index contributed by atoms with van der Waals surface area (Å²) in [5.41, 5.74) is 0.668. The number of allylic oxidation sites excluding steroid dienone is 2. The molecule has 0 unspecified atom stereocenters. The van der Waals surface area contributed by atoms with Crippen molar-refractivity contribution in [2.75, 3.05) is 0 Å². The maximum absolute atomic E-state index is 14.0. The number of benzene rings is 4. The Morgan fingerprint density at radius 1 is 0.739 bits per heavy atom. The maximum Gasteiger partial charge on any atom is 0.373 e. The van der Waals surface area contributed by atoms with Crippen LogP contribution in [0.4, 0.5) is 0 Å². The number of carbonyl (C=O) groups is 1. The molecule has 238 valence electrons. The number of carbonyl (C=O) groups excluding carboxylic acids is 1. The second kappa shape index (κ2) is 14.1. The van der Waals surface area contributed by atoms with Gasteiger partial charge in [-0.1, -0.05) is 175 Å². The van der Waals surface area contributed by atoms with Crippen molar-refractivity contribution in [3.05, 3.63) is 145 Å². The topological polar surface area (TPSA) is 35.5 Å². The van der Waals surface area contributed by atoms with Crippen LogP contribution < -0.4 is 15.6 Å². The van der Waals surface area contributed by atoms with E-state index in [1.54, 1.807) is 0 Å². The van der Waals surface area contributed by atoms with Crippen molar-refractivity contribution in [2.24, 2.45) is 16.7 Å². The van der Waals surface area contributed by atoms with Crippen LogP contribution in [0.25, 0.3) is 6.08 Å². The van der Waals surface area contributed by atoms with E-state index in [0.717, 1.165) is 18.0 Å². The average molecular weight is 629 g/mol. The minimum atomic E-state index is -2.61. The van der Waals surface area contributed by atoms with Crippen molar-refractivity contribution < 1.29 is 14.3 Å². The third kappa shape index (κ3) is 7.79. The van der Waals surface area contributed by atoms with E-state index in [9.17, 15) is 4.79 Å². The zero-order valence-electron chi connectivity index (χ0n) is 28.2. The van der Waals surface area contributed by atoms with Gasteiger partial charge in [0, 0.05) is 5.92 Å². The number of hydrogen-bond donors (Lipinski definition) is 0. The van der Waals surface area contributed by atoms with Gasteiger partial charge in [-0.25, -0.2) is 4.79 Å². The van der Waals surface area contributed by atoms with Gasteiger partial charge >= 0.3 is 5.97 Å². The number of esters is 1. The lowest BCUT2D eigenvalue weighted by Crippen LogP contribution is -2.68. The second-order valence-corrected chi connectivity index (χ2v) is 18.6. The molecule has 0 spiro atoms. The third-order valence-electron chi connectivity index (χ3n) is 8.86. The summed E-state index contributed by atoms with van der Waals surface area (Å²) in [5, 5.41) is 3.98. The van der Waals surface area contributed by atoms with Crippen LogP contribution >= 0.6 is 0 Å². The fourth-order valence-corrected chi connectivity index (χ4v) is 12.1. The lowest BCUT2D eigenvalue weighted by atomic mass is 9.74. The predicted molar refractivity (Wildman–Crippen MR) is 194 cm³/mol. The standard InChI is InChI=1S/C42H48O3Si/c1-41(2,3)40(42(4,5)6)45-39(43)38-30-33(28-27-32-19-11-7-12-20-32)29-34(44-38)31-46(35-21-13-8-14-22-35,36-23-15-9-16-24-36)37-25-17-10-18-26-37/h7-28,30,33-34,40H,29,31H2,1-6H3/b28-27+/t33-,34-/m0/s1. The molecule has 0 fully saturated rings. The van der Waals surface area contributed by atoms with Crippen LogP contribution in [-0.4, -0.2) is 26.3 Å². The van der Waals surface area contributed by atoms with E-state index in [0.29, 0.717) is 5.76 Å². The summed E-state index contributed by atoms with van der Waals surface area (Å²) in [6, 6.07) is 43.8. The molecule has 46 heavy (non-hydrogen) atoms. The molecule has 0 amide bonds. The molecule has 0 radical (unpaired) electrons. The fourth-order valence-electron chi connectivity index (χ4n) is 7.19. The van der Waals surface area contributed by atoms with Crippen molar-refractivity contribution in [2.45, 2.75) is 66.2 Å². The molecular weight excluding hydrogens is 581 g/mol. The predicted octanol–water partition coefficient (Wildman–Crippen LogP) is 8.16. The van der Waals surface area contributed by atoms with Gasteiger partial charge in [-0.3, -0.25) is 0 Å². The third-order valence-corrected chi connectivity index (χ3v) is 13.9. The second-order valence-electron chi connectivity index (χ2n) is 14.7. The summed E-state index contributed by atoms with van der Waals surface area (Å²) in [7, 11) is -2.61. The normalized spacial score (nSPS) is 17.4. The number of hydrogen-bond acceptors (Lipinski definition) is 3. The first kappa shape index (κ1) is 33.2. The highest BCUT2D eigenvalue weighted by Gasteiger charge is 2.44.